The molecule has 22 heavy (non-hydrogen) atoms. The predicted octanol–water partition coefficient (Wildman–Crippen LogP) is 2.96. The van der Waals surface area contributed by atoms with Gasteiger partial charge in [0.1, 0.15) is 17.1 Å². The van der Waals surface area contributed by atoms with Gasteiger partial charge in [-0.25, -0.2) is 5.43 Å². The Balaban J connectivity index is 1.52. The summed E-state index contributed by atoms with van der Waals surface area (Å²) in [4.78, 5) is 11.6. The van der Waals surface area contributed by atoms with Gasteiger partial charge in [0.05, 0.1) is 6.21 Å². The quantitative estimate of drug-likeness (QED) is 0.581. The topological polar surface area (TPSA) is 63.8 Å². The highest BCUT2D eigenvalue weighted by atomic mass is 16.5. The maximum absolute atomic E-state index is 11.6. The molecule has 0 atom stereocenters. The molecule has 0 aliphatic heterocycles. The fraction of sp³-hybridized carbons (Fsp3) is 0.0588. The van der Waals surface area contributed by atoms with E-state index in [-0.39, 0.29) is 12.5 Å². The van der Waals surface area contributed by atoms with Gasteiger partial charge in [-0.2, -0.15) is 5.10 Å². The minimum atomic E-state index is -0.337. The Bertz CT molecular complexity index is 761. The summed E-state index contributed by atoms with van der Waals surface area (Å²) in [6, 6.07) is 18.6. The van der Waals surface area contributed by atoms with E-state index < -0.39 is 0 Å². The average Bonchev–Trinajstić information content (AvgIpc) is 2.96. The Hall–Kier alpha value is -3.08. The summed E-state index contributed by atoms with van der Waals surface area (Å²) in [6.07, 6.45) is 1.46. The molecule has 5 nitrogen and oxygen atoms in total. The van der Waals surface area contributed by atoms with E-state index in [2.05, 4.69) is 10.5 Å². The van der Waals surface area contributed by atoms with Crippen LogP contribution >= 0.6 is 0 Å². The molecule has 0 aliphatic rings. The number of carbonyl (C=O) groups excluding carboxylic acids is 1. The van der Waals surface area contributed by atoms with Gasteiger partial charge in [-0.1, -0.05) is 36.4 Å². The van der Waals surface area contributed by atoms with E-state index in [9.17, 15) is 4.79 Å². The molecule has 0 bridgehead atoms. The van der Waals surface area contributed by atoms with Crippen LogP contribution < -0.4 is 10.2 Å². The summed E-state index contributed by atoms with van der Waals surface area (Å²) in [5.74, 6) is 0.876. The zero-order valence-electron chi connectivity index (χ0n) is 11.7. The van der Waals surface area contributed by atoms with Crippen LogP contribution in [-0.4, -0.2) is 18.7 Å². The number of carbonyl (C=O) groups is 1. The second-order valence-corrected chi connectivity index (χ2v) is 4.58. The third-order valence-corrected chi connectivity index (χ3v) is 2.94. The van der Waals surface area contributed by atoms with Gasteiger partial charge in [-0.15, -0.1) is 0 Å². The van der Waals surface area contributed by atoms with E-state index in [0.717, 1.165) is 11.0 Å². The summed E-state index contributed by atoms with van der Waals surface area (Å²) in [6.45, 7) is -0.0958. The first-order valence-electron chi connectivity index (χ1n) is 6.79. The average molecular weight is 294 g/mol. The maximum atomic E-state index is 11.6. The van der Waals surface area contributed by atoms with Crippen LogP contribution in [0, 0.1) is 0 Å². The number of nitrogens with zero attached hydrogens (tertiary/aromatic N) is 1. The number of benzene rings is 2. The fourth-order valence-electron chi connectivity index (χ4n) is 1.93. The molecule has 0 spiro atoms. The van der Waals surface area contributed by atoms with E-state index in [0.29, 0.717) is 11.5 Å². The zero-order chi connectivity index (χ0) is 15.2. The molecule has 0 fully saturated rings. The molecule has 0 aliphatic carbocycles. The lowest BCUT2D eigenvalue weighted by Gasteiger charge is -2.03. The van der Waals surface area contributed by atoms with Gasteiger partial charge in [0.2, 0.25) is 0 Å². The zero-order valence-corrected chi connectivity index (χ0v) is 11.7. The van der Waals surface area contributed by atoms with E-state index in [1.54, 1.807) is 12.1 Å². The highest BCUT2D eigenvalue weighted by Gasteiger charge is 2.02. The summed E-state index contributed by atoms with van der Waals surface area (Å²) in [5, 5.41) is 4.84. The standard InChI is InChI=1S/C17H14N2O3/c20-17(12-21-14-7-2-1-3-8-14)19-18-11-15-10-13-6-4-5-9-16(13)22-15/h1-11H,12H2,(H,19,20). The van der Waals surface area contributed by atoms with Crippen molar-refractivity contribution in [2.45, 2.75) is 0 Å². The number of para-hydroxylation sites is 2. The number of nitrogens with one attached hydrogen (secondary N) is 1. The van der Waals surface area contributed by atoms with Crippen molar-refractivity contribution < 1.29 is 13.9 Å². The van der Waals surface area contributed by atoms with E-state index in [1.165, 1.54) is 6.21 Å². The van der Waals surface area contributed by atoms with Crippen LogP contribution in [0.2, 0.25) is 0 Å². The summed E-state index contributed by atoms with van der Waals surface area (Å²) < 4.78 is 10.9. The molecule has 1 heterocycles. The maximum Gasteiger partial charge on any atom is 0.277 e. The number of hydrogen-bond donors (Lipinski definition) is 1. The van der Waals surface area contributed by atoms with Crippen molar-refractivity contribution in [2.24, 2.45) is 5.10 Å². The van der Waals surface area contributed by atoms with Gasteiger partial charge in [-0.3, -0.25) is 4.79 Å². The number of hydrogen-bond acceptors (Lipinski definition) is 4. The molecular weight excluding hydrogens is 280 g/mol. The molecule has 1 amide bonds. The Labute approximate surface area is 127 Å². The second kappa shape index (κ2) is 6.58. The smallest absolute Gasteiger partial charge is 0.277 e. The van der Waals surface area contributed by atoms with Gasteiger partial charge < -0.3 is 9.15 Å². The number of amides is 1. The number of rotatable bonds is 5. The van der Waals surface area contributed by atoms with Crippen LogP contribution in [0.3, 0.4) is 0 Å². The summed E-state index contributed by atoms with van der Waals surface area (Å²) in [7, 11) is 0. The first-order chi connectivity index (χ1) is 10.8. The Kier molecular flexibility index (Phi) is 4.15. The molecule has 0 saturated heterocycles. The van der Waals surface area contributed by atoms with Crippen molar-refractivity contribution in [3.8, 4) is 5.75 Å². The predicted molar refractivity (Wildman–Crippen MR) is 83.9 cm³/mol. The Morgan fingerprint density at radius 3 is 2.73 bits per heavy atom. The summed E-state index contributed by atoms with van der Waals surface area (Å²) >= 11 is 0. The van der Waals surface area contributed by atoms with Gasteiger partial charge in [0.25, 0.3) is 5.91 Å². The molecule has 5 heteroatoms. The molecule has 110 valence electrons. The third kappa shape index (κ3) is 3.52. The third-order valence-electron chi connectivity index (χ3n) is 2.94. The molecule has 3 aromatic rings. The van der Waals surface area contributed by atoms with Crippen molar-refractivity contribution in [3.63, 3.8) is 0 Å². The first kappa shape index (κ1) is 13.9. The SMILES string of the molecule is O=C(COc1ccccc1)NN=Cc1cc2ccccc2o1. The Morgan fingerprint density at radius 2 is 1.91 bits per heavy atom. The molecule has 1 N–H and O–H groups in total. The van der Waals surface area contributed by atoms with Gasteiger partial charge in [0.15, 0.2) is 6.61 Å². The van der Waals surface area contributed by atoms with E-state index >= 15 is 0 Å². The molecule has 0 radical (unpaired) electrons. The van der Waals surface area contributed by atoms with Crippen LogP contribution in [0.25, 0.3) is 11.0 Å². The van der Waals surface area contributed by atoms with Crippen molar-refractivity contribution in [2.75, 3.05) is 6.61 Å². The van der Waals surface area contributed by atoms with E-state index in [1.807, 2.05) is 48.5 Å². The Morgan fingerprint density at radius 1 is 1.14 bits per heavy atom. The molecule has 0 unspecified atom stereocenters. The van der Waals surface area contributed by atoms with Crippen LogP contribution in [0.1, 0.15) is 5.76 Å². The van der Waals surface area contributed by atoms with E-state index in [4.69, 9.17) is 9.15 Å². The molecule has 3 rings (SSSR count). The molecule has 2 aromatic carbocycles. The molecule has 0 saturated carbocycles. The lowest BCUT2D eigenvalue weighted by atomic mass is 10.2. The van der Waals surface area contributed by atoms with Crippen molar-refractivity contribution in [3.05, 3.63) is 66.4 Å². The van der Waals surface area contributed by atoms with Crippen LogP contribution in [0.15, 0.2) is 70.2 Å². The largest absolute Gasteiger partial charge is 0.484 e. The number of fused-ring (bicyclic) bond motifs is 1. The lowest BCUT2D eigenvalue weighted by Crippen LogP contribution is -2.24. The number of furan rings is 1. The van der Waals surface area contributed by atoms with Crippen LogP contribution in [0.5, 0.6) is 5.75 Å². The van der Waals surface area contributed by atoms with Crippen LogP contribution in [0.4, 0.5) is 0 Å². The van der Waals surface area contributed by atoms with Gasteiger partial charge in [-0.05, 0) is 24.3 Å². The molecule has 1 aromatic heterocycles. The number of ether oxygens (including phenoxy) is 1. The monoisotopic (exact) mass is 294 g/mol. The van der Waals surface area contributed by atoms with Crippen molar-refractivity contribution >= 4 is 23.1 Å². The van der Waals surface area contributed by atoms with Gasteiger partial charge in [0, 0.05) is 5.39 Å². The van der Waals surface area contributed by atoms with Crippen LogP contribution in [-0.2, 0) is 4.79 Å². The minimum absolute atomic E-state index is 0.0958. The fourth-order valence-corrected chi connectivity index (χ4v) is 1.93. The minimum Gasteiger partial charge on any atom is -0.484 e. The van der Waals surface area contributed by atoms with Gasteiger partial charge >= 0.3 is 0 Å². The summed E-state index contributed by atoms with van der Waals surface area (Å²) in [5.41, 5.74) is 3.17. The molecular formula is C17H14N2O3. The van der Waals surface area contributed by atoms with Crippen molar-refractivity contribution in [1.82, 2.24) is 5.43 Å². The highest BCUT2D eigenvalue weighted by molar-refractivity contribution is 5.87. The second-order valence-electron chi connectivity index (χ2n) is 4.58. The number of hydrazone groups is 1. The lowest BCUT2D eigenvalue weighted by molar-refractivity contribution is -0.123. The first-order valence-corrected chi connectivity index (χ1v) is 6.79. The van der Waals surface area contributed by atoms with Crippen molar-refractivity contribution in [1.29, 1.82) is 0 Å². The highest BCUT2D eigenvalue weighted by Crippen LogP contribution is 2.17. The normalized spacial score (nSPS) is 10.9.